The third-order valence-corrected chi connectivity index (χ3v) is 4.34. The summed E-state index contributed by atoms with van der Waals surface area (Å²) in [6.07, 6.45) is 2.28. The van der Waals surface area contributed by atoms with Crippen LogP contribution in [0.15, 0.2) is 48.7 Å². The normalized spacial score (nSPS) is 10.8. The zero-order valence-corrected chi connectivity index (χ0v) is 14.9. The van der Waals surface area contributed by atoms with E-state index in [9.17, 15) is 4.79 Å². The zero-order valence-electron chi connectivity index (χ0n) is 14.9. The molecule has 0 saturated heterocycles. The molecule has 25 heavy (non-hydrogen) atoms. The number of carbonyl (C=O) groups excluding carboxylic acids is 1. The highest BCUT2D eigenvalue weighted by Crippen LogP contribution is 2.16. The first-order chi connectivity index (χ1) is 12.1. The maximum atomic E-state index is 12.4. The molecule has 0 atom stereocenters. The Hall–Kier alpha value is -2.82. The highest BCUT2D eigenvalue weighted by atomic mass is 16.5. The van der Waals surface area contributed by atoms with Gasteiger partial charge in [-0.1, -0.05) is 23.8 Å². The van der Waals surface area contributed by atoms with Gasteiger partial charge in [-0.25, -0.2) is 0 Å². The standard InChI is InChI=1S/C20H23N3O2/c1-15-4-9-19-17(12-15)13-21-23(19)11-10-20(24)22(2)14-16-5-7-18(25-3)8-6-16/h4-9,12-13H,10-11,14H2,1-3H3. The van der Waals surface area contributed by atoms with Crippen molar-refractivity contribution in [1.29, 1.82) is 0 Å². The molecule has 1 aromatic heterocycles. The van der Waals surface area contributed by atoms with E-state index in [1.165, 1.54) is 5.56 Å². The van der Waals surface area contributed by atoms with Crippen molar-refractivity contribution in [3.05, 3.63) is 59.8 Å². The molecule has 0 N–H and O–H groups in total. The Bertz CT molecular complexity index is 868. The summed E-state index contributed by atoms with van der Waals surface area (Å²) in [4.78, 5) is 14.2. The molecule has 0 saturated carbocycles. The Balaban J connectivity index is 1.59. The van der Waals surface area contributed by atoms with Gasteiger partial charge in [0.1, 0.15) is 5.75 Å². The number of nitrogens with zero attached hydrogens (tertiary/aromatic N) is 3. The van der Waals surface area contributed by atoms with Crippen molar-refractivity contribution in [1.82, 2.24) is 14.7 Å². The lowest BCUT2D eigenvalue weighted by molar-refractivity contribution is -0.130. The van der Waals surface area contributed by atoms with E-state index in [0.717, 1.165) is 22.2 Å². The predicted octanol–water partition coefficient (Wildman–Crippen LogP) is 3.40. The average Bonchev–Trinajstić information content (AvgIpc) is 3.02. The second-order valence-electron chi connectivity index (χ2n) is 6.28. The molecule has 0 aliphatic heterocycles. The van der Waals surface area contributed by atoms with Crippen LogP contribution in [-0.4, -0.2) is 34.7 Å². The molecule has 0 aliphatic rings. The van der Waals surface area contributed by atoms with Crippen LogP contribution in [0.3, 0.4) is 0 Å². The van der Waals surface area contributed by atoms with Crippen molar-refractivity contribution in [2.45, 2.75) is 26.4 Å². The number of rotatable bonds is 6. The van der Waals surface area contributed by atoms with Gasteiger partial charge in [0.15, 0.2) is 0 Å². The van der Waals surface area contributed by atoms with Crippen LogP contribution in [0.25, 0.3) is 10.9 Å². The number of fused-ring (bicyclic) bond motifs is 1. The van der Waals surface area contributed by atoms with Gasteiger partial charge in [-0.3, -0.25) is 9.48 Å². The Morgan fingerprint density at radius 1 is 1.20 bits per heavy atom. The third kappa shape index (κ3) is 3.99. The number of methoxy groups -OCH3 is 1. The van der Waals surface area contributed by atoms with Gasteiger partial charge >= 0.3 is 0 Å². The van der Waals surface area contributed by atoms with E-state index in [1.807, 2.05) is 42.2 Å². The van der Waals surface area contributed by atoms with Crippen molar-refractivity contribution in [3.8, 4) is 5.75 Å². The third-order valence-electron chi connectivity index (χ3n) is 4.34. The van der Waals surface area contributed by atoms with Crippen molar-refractivity contribution in [2.24, 2.45) is 0 Å². The quantitative estimate of drug-likeness (QED) is 0.692. The highest BCUT2D eigenvalue weighted by molar-refractivity contribution is 5.80. The van der Waals surface area contributed by atoms with Crippen LogP contribution < -0.4 is 4.74 Å². The van der Waals surface area contributed by atoms with Crippen molar-refractivity contribution >= 4 is 16.8 Å². The van der Waals surface area contributed by atoms with Gasteiger partial charge in [0, 0.05) is 25.4 Å². The molecule has 5 heteroatoms. The van der Waals surface area contributed by atoms with Crippen LogP contribution in [0.1, 0.15) is 17.5 Å². The van der Waals surface area contributed by atoms with Gasteiger partial charge in [0.25, 0.3) is 0 Å². The minimum Gasteiger partial charge on any atom is -0.497 e. The lowest BCUT2D eigenvalue weighted by Crippen LogP contribution is -2.27. The Morgan fingerprint density at radius 2 is 1.96 bits per heavy atom. The predicted molar refractivity (Wildman–Crippen MR) is 98.6 cm³/mol. The smallest absolute Gasteiger partial charge is 0.224 e. The molecule has 1 heterocycles. The maximum absolute atomic E-state index is 12.4. The Kier molecular flexibility index (Phi) is 5.03. The van der Waals surface area contributed by atoms with Crippen LogP contribution in [0.4, 0.5) is 0 Å². The second kappa shape index (κ2) is 7.38. The van der Waals surface area contributed by atoms with E-state index in [1.54, 1.807) is 12.0 Å². The topological polar surface area (TPSA) is 47.4 Å². The Labute approximate surface area is 147 Å². The number of amides is 1. The van der Waals surface area contributed by atoms with Crippen LogP contribution in [-0.2, 0) is 17.9 Å². The summed E-state index contributed by atoms with van der Waals surface area (Å²) in [5, 5.41) is 5.51. The highest BCUT2D eigenvalue weighted by Gasteiger charge is 2.11. The van der Waals surface area contributed by atoms with E-state index in [0.29, 0.717) is 19.5 Å². The number of aromatic nitrogens is 2. The van der Waals surface area contributed by atoms with Gasteiger partial charge in [0.05, 0.1) is 25.4 Å². The van der Waals surface area contributed by atoms with Crippen molar-refractivity contribution < 1.29 is 9.53 Å². The molecule has 0 bridgehead atoms. The first kappa shape index (κ1) is 17.0. The lowest BCUT2D eigenvalue weighted by atomic mass is 10.2. The number of aryl methyl sites for hydroxylation is 2. The Morgan fingerprint density at radius 3 is 2.68 bits per heavy atom. The molecule has 0 spiro atoms. The zero-order chi connectivity index (χ0) is 17.8. The molecule has 5 nitrogen and oxygen atoms in total. The van der Waals surface area contributed by atoms with Gasteiger partial charge in [-0.15, -0.1) is 0 Å². The molecule has 3 rings (SSSR count). The lowest BCUT2D eigenvalue weighted by Gasteiger charge is -2.17. The summed E-state index contributed by atoms with van der Waals surface area (Å²) in [6, 6.07) is 14.0. The summed E-state index contributed by atoms with van der Waals surface area (Å²) in [5.74, 6) is 0.921. The van der Waals surface area contributed by atoms with E-state index in [-0.39, 0.29) is 5.91 Å². The SMILES string of the molecule is COc1ccc(CN(C)C(=O)CCn2ncc3cc(C)ccc32)cc1. The maximum Gasteiger partial charge on any atom is 0.224 e. The molecule has 0 aliphatic carbocycles. The van der Waals surface area contributed by atoms with Gasteiger partial charge < -0.3 is 9.64 Å². The number of hydrogen-bond donors (Lipinski definition) is 0. The molecule has 0 unspecified atom stereocenters. The molecule has 1 amide bonds. The van der Waals surface area contributed by atoms with Crippen LogP contribution in [0, 0.1) is 6.92 Å². The molecule has 0 radical (unpaired) electrons. The van der Waals surface area contributed by atoms with Gasteiger partial charge in [-0.05, 0) is 36.8 Å². The minimum atomic E-state index is 0.103. The number of carbonyl (C=O) groups is 1. The summed E-state index contributed by atoms with van der Waals surface area (Å²) >= 11 is 0. The number of benzene rings is 2. The van der Waals surface area contributed by atoms with Crippen LogP contribution >= 0.6 is 0 Å². The van der Waals surface area contributed by atoms with E-state index in [2.05, 4.69) is 30.2 Å². The van der Waals surface area contributed by atoms with E-state index >= 15 is 0 Å². The molecule has 0 fully saturated rings. The number of ether oxygens (including phenoxy) is 1. The fourth-order valence-electron chi connectivity index (χ4n) is 2.87. The first-order valence-electron chi connectivity index (χ1n) is 8.36. The van der Waals surface area contributed by atoms with Gasteiger partial charge in [0.2, 0.25) is 5.91 Å². The molecule has 3 aromatic rings. The van der Waals surface area contributed by atoms with E-state index < -0.39 is 0 Å². The molecule has 2 aromatic carbocycles. The second-order valence-corrected chi connectivity index (χ2v) is 6.28. The van der Waals surface area contributed by atoms with E-state index in [4.69, 9.17) is 4.74 Å². The first-order valence-corrected chi connectivity index (χ1v) is 8.36. The summed E-state index contributed by atoms with van der Waals surface area (Å²) in [7, 11) is 3.47. The fraction of sp³-hybridized carbons (Fsp3) is 0.300. The monoisotopic (exact) mass is 337 g/mol. The average molecular weight is 337 g/mol. The molecule has 130 valence electrons. The summed E-state index contributed by atoms with van der Waals surface area (Å²) < 4.78 is 7.05. The fourth-order valence-corrected chi connectivity index (χ4v) is 2.87. The molecular formula is C20H23N3O2. The van der Waals surface area contributed by atoms with Crippen molar-refractivity contribution in [2.75, 3.05) is 14.2 Å². The number of hydrogen-bond acceptors (Lipinski definition) is 3. The van der Waals surface area contributed by atoms with Crippen LogP contribution in [0.5, 0.6) is 5.75 Å². The minimum absolute atomic E-state index is 0.103. The van der Waals surface area contributed by atoms with Crippen LogP contribution in [0.2, 0.25) is 0 Å². The molecular weight excluding hydrogens is 314 g/mol. The van der Waals surface area contributed by atoms with Crippen molar-refractivity contribution in [3.63, 3.8) is 0 Å². The summed E-state index contributed by atoms with van der Waals surface area (Å²) in [6.45, 7) is 3.23. The van der Waals surface area contributed by atoms with Gasteiger partial charge in [-0.2, -0.15) is 5.10 Å². The largest absolute Gasteiger partial charge is 0.497 e. The summed E-state index contributed by atoms with van der Waals surface area (Å²) in [5.41, 5.74) is 3.36.